The quantitative estimate of drug-likeness (QED) is 0.318. The van der Waals surface area contributed by atoms with Gasteiger partial charge in [0, 0.05) is 0 Å². The van der Waals surface area contributed by atoms with Crippen LogP contribution in [0.2, 0.25) is 0 Å². The summed E-state index contributed by atoms with van der Waals surface area (Å²) in [7, 11) is 0. The number of hydrogen-bond acceptors (Lipinski definition) is 0. The third-order valence-corrected chi connectivity index (χ3v) is 2.06. The van der Waals surface area contributed by atoms with E-state index in [0.29, 0.717) is 0 Å². The van der Waals surface area contributed by atoms with E-state index in [9.17, 15) is 0 Å². The van der Waals surface area contributed by atoms with E-state index in [1.54, 1.807) is 0 Å². The van der Waals surface area contributed by atoms with E-state index in [4.69, 9.17) is 0 Å². The Bertz CT molecular complexity index is 504. The third-order valence-electron chi connectivity index (χ3n) is 2.06. The minimum absolute atomic E-state index is 0. The largest absolute Gasteiger partial charge is 1.00 e. The van der Waals surface area contributed by atoms with Crippen LogP contribution in [-0.4, -0.2) is 0 Å². The second kappa shape index (κ2) is 6.14. The van der Waals surface area contributed by atoms with Crippen molar-refractivity contribution in [2.24, 2.45) is 0 Å². The molecule has 72 valence electrons. The SMILES string of the molecule is [CH2-]c1ccccc1C#Cc1[c-]cccc1.[Li+]. The topological polar surface area (TPSA) is 0 Å². The molecule has 0 aliphatic carbocycles. The Labute approximate surface area is 109 Å². The molecule has 0 radical (unpaired) electrons. The second-order valence-electron chi connectivity index (χ2n) is 3.18. The zero-order valence-electron chi connectivity index (χ0n) is 9.33. The van der Waals surface area contributed by atoms with Crippen LogP contribution in [0.3, 0.4) is 0 Å². The first-order valence-electron chi connectivity index (χ1n) is 4.76. The number of benzene rings is 2. The van der Waals surface area contributed by atoms with Crippen molar-refractivity contribution in [3.8, 4) is 11.8 Å². The molecule has 0 fully saturated rings. The maximum absolute atomic E-state index is 3.92. The molecule has 0 bridgehead atoms. The predicted molar refractivity (Wildman–Crippen MR) is 62.2 cm³/mol. The molecule has 0 nitrogen and oxygen atoms in total. The monoisotopic (exact) mass is 197 g/mol. The molecule has 0 aliphatic rings. The van der Waals surface area contributed by atoms with Crippen LogP contribution in [0.15, 0.2) is 48.5 Å². The molecule has 1 heteroatoms. The molecule has 0 N–H and O–H groups in total. The normalized spacial score (nSPS) is 8.50. The first-order valence-corrected chi connectivity index (χ1v) is 4.76. The summed E-state index contributed by atoms with van der Waals surface area (Å²) < 4.78 is 0. The van der Waals surface area contributed by atoms with Gasteiger partial charge >= 0.3 is 18.9 Å². The maximum atomic E-state index is 3.92. The molecule has 2 aromatic carbocycles. The van der Waals surface area contributed by atoms with Gasteiger partial charge in [0.25, 0.3) is 0 Å². The minimum atomic E-state index is 0. The van der Waals surface area contributed by atoms with Crippen LogP contribution in [0.4, 0.5) is 0 Å². The first-order chi connectivity index (χ1) is 7.36. The number of hydrogen-bond donors (Lipinski definition) is 0. The van der Waals surface area contributed by atoms with Crippen molar-refractivity contribution in [3.63, 3.8) is 0 Å². The molecule has 0 saturated carbocycles. The fourth-order valence-electron chi connectivity index (χ4n) is 1.25. The Morgan fingerprint density at radius 1 is 0.938 bits per heavy atom. The van der Waals surface area contributed by atoms with Crippen LogP contribution in [0, 0.1) is 24.8 Å². The average Bonchev–Trinajstić information content (AvgIpc) is 2.29. The average molecular weight is 197 g/mol. The van der Waals surface area contributed by atoms with Gasteiger partial charge in [-0.05, 0) is 0 Å². The van der Waals surface area contributed by atoms with Crippen molar-refractivity contribution in [2.75, 3.05) is 0 Å². The van der Waals surface area contributed by atoms with E-state index in [-0.39, 0.29) is 18.9 Å². The van der Waals surface area contributed by atoms with Gasteiger partial charge in [-0.3, -0.25) is 0 Å². The molecule has 0 heterocycles. The molecule has 0 amide bonds. The molecule has 0 aliphatic heterocycles. The van der Waals surface area contributed by atoms with E-state index in [2.05, 4.69) is 24.8 Å². The van der Waals surface area contributed by atoms with Crippen molar-refractivity contribution in [3.05, 3.63) is 78.2 Å². The van der Waals surface area contributed by atoms with E-state index in [1.807, 2.05) is 48.5 Å². The summed E-state index contributed by atoms with van der Waals surface area (Å²) >= 11 is 0. The van der Waals surface area contributed by atoms with Gasteiger partial charge in [0.2, 0.25) is 0 Å². The van der Waals surface area contributed by atoms with Gasteiger partial charge in [-0.1, -0.05) is 11.6 Å². The van der Waals surface area contributed by atoms with E-state index in [0.717, 1.165) is 16.7 Å². The second-order valence-corrected chi connectivity index (χ2v) is 3.18. The Kier molecular flexibility index (Phi) is 4.81. The van der Waals surface area contributed by atoms with E-state index >= 15 is 0 Å². The van der Waals surface area contributed by atoms with Gasteiger partial charge in [-0.15, -0.1) is 48.0 Å². The number of rotatable bonds is 0. The van der Waals surface area contributed by atoms with Gasteiger partial charge in [-0.25, -0.2) is 5.92 Å². The van der Waals surface area contributed by atoms with Crippen LogP contribution in [0.1, 0.15) is 16.7 Å². The zero-order valence-corrected chi connectivity index (χ0v) is 9.33. The molecule has 0 atom stereocenters. The molecule has 2 rings (SSSR count). The molecule has 0 unspecified atom stereocenters. The fraction of sp³-hybridized carbons (Fsp3) is 0. The van der Waals surface area contributed by atoms with Crippen LogP contribution in [-0.2, 0) is 0 Å². The van der Waals surface area contributed by atoms with Crippen LogP contribution >= 0.6 is 0 Å². The summed E-state index contributed by atoms with van der Waals surface area (Å²) in [4.78, 5) is 0. The Morgan fingerprint density at radius 3 is 2.38 bits per heavy atom. The van der Waals surface area contributed by atoms with Crippen molar-refractivity contribution in [1.82, 2.24) is 0 Å². The Balaban J connectivity index is 0.00000128. The van der Waals surface area contributed by atoms with Gasteiger partial charge < -0.3 is 0 Å². The summed E-state index contributed by atoms with van der Waals surface area (Å²) in [5, 5.41) is 0. The summed E-state index contributed by atoms with van der Waals surface area (Å²) in [6, 6.07) is 18.6. The Morgan fingerprint density at radius 2 is 1.69 bits per heavy atom. The summed E-state index contributed by atoms with van der Waals surface area (Å²) in [6.07, 6.45) is 0. The van der Waals surface area contributed by atoms with Crippen LogP contribution < -0.4 is 18.9 Å². The van der Waals surface area contributed by atoms with E-state index in [1.165, 1.54) is 0 Å². The van der Waals surface area contributed by atoms with E-state index < -0.39 is 0 Å². The summed E-state index contributed by atoms with van der Waals surface area (Å²) in [5.41, 5.74) is 2.83. The summed E-state index contributed by atoms with van der Waals surface area (Å²) in [5.74, 6) is 6.14. The molecular formula is C15H10Li-. The minimum Gasteiger partial charge on any atom is -0.200 e. The maximum Gasteiger partial charge on any atom is 1.00 e. The zero-order chi connectivity index (χ0) is 10.5. The van der Waals surface area contributed by atoms with Crippen molar-refractivity contribution >= 4 is 0 Å². The summed E-state index contributed by atoms with van der Waals surface area (Å²) in [6.45, 7) is 3.92. The molecular weight excluding hydrogens is 187 g/mol. The standard InChI is InChI=1S/C15H10.Li/c1-13-7-5-6-10-15(13)12-11-14-8-3-2-4-9-14;/h2-8,10H,1H2;/q-2;+1. The van der Waals surface area contributed by atoms with Crippen molar-refractivity contribution < 1.29 is 18.9 Å². The van der Waals surface area contributed by atoms with Crippen LogP contribution in [0.25, 0.3) is 0 Å². The fourth-order valence-corrected chi connectivity index (χ4v) is 1.25. The Hall–Kier alpha value is -1.53. The van der Waals surface area contributed by atoms with Gasteiger partial charge in [0.15, 0.2) is 0 Å². The first kappa shape index (κ1) is 12.5. The van der Waals surface area contributed by atoms with Crippen molar-refractivity contribution in [1.29, 1.82) is 0 Å². The smallest absolute Gasteiger partial charge is 0.200 e. The molecule has 16 heavy (non-hydrogen) atoms. The van der Waals surface area contributed by atoms with Gasteiger partial charge in [0.1, 0.15) is 0 Å². The molecule has 0 spiro atoms. The molecule has 0 aromatic heterocycles. The predicted octanol–water partition coefficient (Wildman–Crippen LogP) is 0.0728. The van der Waals surface area contributed by atoms with Crippen molar-refractivity contribution in [2.45, 2.75) is 0 Å². The van der Waals surface area contributed by atoms with Crippen LogP contribution in [0.5, 0.6) is 0 Å². The molecule has 0 saturated heterocycles. The molecule has 2 aromatic rings. The van der Waals surface area contributed by atoms with Gasteiger partial charge in [0.05, 0.1) is 0 Å². The van der Waals surface area contributed by atoms with Gasteiger partial charge in [-0.2, -0.15) is 24.5 Å². The third kappa shape index (κ3) is 3.25.